The fourth-order valence-corrected chi connectivity index (χ4v) is 7.98. The molecule has 0 aliphatic carbocycles. The van der Waals surface area contributed by atoms with Crippen LogP contribution in [0.4, 0.5) is 0 Å². The van der Waals surface area contributed by atoms with E-state index in [1.807, 2.05) is 53.7 Å². The van der Waals surface area contributed by atoms with Crippen LogP contribution in [0.2, 0.25) is 0 Å². The summed E-state index contributed by atoms with van der Waals surface area (Å²) in [4.78, 5) is 79.2. The second-order valence-corrected chi connectivity index (χ2v) is 17.6. The topological polar surface area (TPSA) is 223 Å². The van der Waals surface area contributed by atoms with Crippen molar-refractivity contribution in [2.45, 2.75) is 103 Å². The van der Waals surface area contributed by atoms with Crippen LogP contribution in [0.25, 0.3) is 0 Å². The molecular weight excluding hydrogens is 825 g/mol. The van der Waals surface area contributed by atoms with Gasteiger partial charge in [0.2, 0.25) is 35.4 Å². The number of thioether (sulfide) groups is 2. The van der Waals surface area contributed by atoms with E-state index in [4.69, 9.17) is 14.2 Å². The summed E-state index contributed by atoms with van der Waals surface area (Å²) in [6, 6.07) is 12.5. The van der Waals surface area contributed by atoms with E-state index < -0.39 is 47.5 Å². The van der Waals surface area contributed by atoms with Crippen LogP contribution in [-0.4, -0.2) is 101 Å². The smallest absolute Gasteiger partial charge is 0.247 e. The van der Waals surface area contributed by atoms with Gasteiger partial charge in [-0.05, 0) is 81.7 Å². The highest BCUT2D eigenvalue weighted by Crippen LogP contribution is 2.27. The monoisotopic (exact) mass is 888 g/mol. The van der Waals surface area contributed by atoms with Gasteiger partial charge in [-0.15, -0.1) is 23.5 Å². The molecule has 0 saturated carbocycles. The SMILES string of the molecule is CCOC(C)SCC(=O)NCC(NC(=O)CSC(C)OCC)C(=O)NCc1ccc(CNC(=O)C2Cc3ccc(cc3)OCCCC(C(=O)NO)[C@@H](CC(C)C)C(=O)N2)cc1. The molecule has 4 rings (SSSR count). The number of amides is 6. The zero-order valence-electron chi connectivity index (χ0n) is 36.1. The quantitative estimate of drug-likeness (QED) is 0.0514. The number of rotatable bonds is 22. The van der Waals surface area contributed by atoms with Crippen LogP contribution in [0.5, 0.6) is 5.75 Å². The predicted octanol–water partition coefficient (Wildman–Crippen LogP) is 3.44. The Morgan fingerprint density at radius 3 is 1.98 bits per heavy atom. The van der Waals surface area contributed by atoms with E-state index in [2.05, 4.69) is 26.6 Å². The summed E-state index contributed by atoms with van der Waals surface area (Å²) in [7, 11) is 0. The molecule has 2 aromatic rings. The van der Waals surface area contributed by atoms with Crippen LogP contribution >= 0.6 is 23.5 Å². The molecule has 0 spiro atoms. The lowest BCUT2D eigenvalue weighted by Gasteiger charge is -2.29. The van der Waals surface area contributed by atoms with Crippen molar-refractivity contribution in [1.82, 2.24) is 32.1 Å². The molecule has 7 N–H and O–H groups in total. The number of fused-ring (bicyclic) bond motifs is 11. The number of ether oxygens (including phenoxy) is 3. The first-order valence-corrected chi connectivity index (χ1v) is 22.9. The lowest BCUT2D eigenvalue weighted by molar-refractivity contribution is -0.142. The van der Waals surface area contributed by atoms with Gasteiger partial charge in [-0.1, -0.05) is 50.2 Å². The van der Waals surface area contributed by atoms with Crippen LogP contribution in [0, 0.1) is 17.8 Å². The van der Waals surface area contributed by atoms with E-state index in [1.165, 1.54) is 23.5 Å². The number of hydrogen-bond acceptors (Lipinski definition) is 12. The fraction of sp³-hybridized carbons (Fsp3) is 0.581. The molecule has 5 unspecified atom stereocenters. The fourth-order valence-electron chi connectivity index (χ4n) is 6.56. The molecule has 0 radical (unpaired) electrons. The summed E-state index contributed by atoms with van der Waals surface area (Å²) in [6.07, 6.45) is 1.32. The zero-order valence-corrected chi connectivity index (χ0v) is 37.7. The molecule has 2 aliphatic heterocycles. The first-order chi connectivity index (χ1) is 29.2. The van der Waals surface area contributed by atoms with Crippen molar-refractivity contribution in [2.75, 3.05) is 37.9 Å². The van der Waals surface area contributed by atoms with E-state index >= 15 is 0 Å². The normalized spacial score (nSPS) is 18.4. The summed E-state index contributed by atoms with van der Waals surface area (Å²) >= 11 is 2.62. The molecule has 6 atom stereocenters. The molecule has 338 valence electrons. The summed E-state index contributed by atoms with van der Waals surface area (Å²) in [5.41, 5.74) is 3.66. The average Bonchev–Trinajstić information content (AvgIpc) is 3.24. The lowest BCUT2D eigenvalue weighted by Crippen LogP contribution is -2.53. The van der Waals surface area contributed by atoms with Crippen LogP contribution in [0.15, 0.2) is 48.5 Å². The Morgan fingerprint density at radius 2 is 1.41 bits per heavy atom. The van der Waals surface area contributed by atoms with Gasteiger partial charge in [0.25, 0.3) is 0 Å². The largest absolute Gasteiger partial charge is 0.494 e. The molecule has 2 aromatic carbocycles. The minimum atomic E-state index is -1.03. The van der Waals surface area contributed by atoms with E-state index in [9.17, 15) is 34.0 Å². The van der Waals surface area contributed by atoms with Crippen LogP contribution in [0.3, 0.4) is 0 Å². The molecule has 0 saturated heterocycles. The van der Waals surface area contributed by atoms with Crippen LogP contribution < -0.4 is 36.8 Å². The van der Waals surface area contributed by atoms with E-state index in [1.54, 1.807) is 41.9 Å². The first-order valence-electron chi connectivity index (χ1n) is 20.8. The van der Waals surface area contributed by atoms with Gasteiger partial charge in [0.15, 0.2) is 0 Å². The molecule has 0 aromatic heterocycles. The molecule has 0 fully saturated rings. The maximum Gasteiger partial charge on any atom is 0.247 e. The maximum atomic E-state index is 13.9. The van der Waals surface area contributed by atoms with Gasteiger partial charge in [-0.3, -0.25) is 34.0 Å². The van der Waals surface area contributed by atoms with E-state index in [-0.39, 0.29) is 66.2 Å². The molecule has 16 nitrogen and oxygen atoms in total. The Kier molecular flexibility index (Phi) is 23.0. The van der Waals surface area contributed by atoms with Gasteiger partial charge < -0.3 is 40.8 Å². The van der Waals surface area contributed by atoms with Gasteiger partial charge in [0.1, 0.15) is 28.7 Å². The molecule has 61 heavy (non-hydrogen) atoms. The summed E-state index contributed by atoms with van der Waals surface area (Å²) in [6.45, 7) is 12.8. The van der Waals surface area contributed by atoms with Crippen molar-refractivity contribution in [2.24, 2.45) is 17.8 Å². The first kappa shape index (κ1) is 51.0. The minimum Gasteiger partial charge on any atom is -0.494 e. The second kappa shape index (κ2) is 27.6. The number of benzene rings is 2. The van der Waals surface area contributed by atoms with Gasteiger partial charge in [0, 0.05) is 45.2 Å². The van der Waals surface area contributed by atoms with Gasteiger partial charge in [-0.25, -0.2) is 5.48 Å². The van der Waals surface area contributed by atoms with Gasteiger partial charge in [0.05, 0.1) is 24.0 Å². The lowest BCUT2D eigenvalue weighted by atomic mass is 9.81. The number of hydrogen-bond donors (Lipinski definition) is 7. The predicted molar refractivity (Wildman–Crippen MR) is 235 cm³/mol. The molecule has 18 heteroatoms. The average molecular weight is 889 g/mol. The highest BCUT2D eigenvalue weighted by atomic mass is 32.2. The molecule has 6 amide bonds. The highest BCUT2D eigenvalue weighted by molar-refractivity contribution is 8.00. The van der Waals surface area contributed by atoms with Crippen molar-refractivity contribution < 1.29 is 48.2 Å². The molecule has 2 heterocycles. The molecule has 2 aliphatic rings. The third-order valence-corrected chi connectivity index (χ3v) is 11.8. The maximum absolute atomic E-state index is 13.9. The third-order valence-electron chi connectivity index (χ3n) is 9.73. The molecular formula is C43H64N6O10S2. The summed E-state index contributed by atoms with van der Waals surface area (Å²) < 4.78 is 16.8. The van der Waals surface area contributed by atoms with Gasteiger partial charge in [-0.2, -0.15) is 0 Å². The van der Waals surface area contributed by atoms with Crippen LogP contribution in [-0.2, 0) is 57.8 Å². The summed E-state index contributed by atoms with van der Waals surface area (Å²) in [5, 5.41) is 23.7. The van der Waals surface area contributed by atoms with Crippen molar-refractivity contribution in [3.8, 4) is 5.75 Å². The van der Waals surface area contributed by atoms with Gasteiger partial charge >= 0.3 is 0 Å². The Labute approximate surface area is 367 Å². The van der Waals surface area contributed by atoms with Crippen molar-refractivity contribution in [3.05, 3.63) is 65.2 Å². The summed E-state index contributed by atoms with van der Waals surface area (Å²) in [5.74, 6) is -3.42. The van der Waals surface area contributed by atoms with Crippen molar-refractivity contribution in [3.63, 3.8) is 0 Å². The Morgan fingerprint density at radius 1 is 0.820 bits per heavy atom. The van der Waals surface area contributed by atoms with Crippen molar-refractivity contribution in [1.29, 1.82) is 0 Å². The Balaban J connectivity index is 1.66. The number of carbonyl (C=O) groups excluding carboxylic acids is 6. The second-order valence-electron chi connectivity index (χ2n) is 15.1. The number of nitrogens with one attached hydrogen (secondary N) is 6. The zero-order chi connectivity index (χ0) is 44.7. The van der Waals surface area contributed by atoms with Crippen LogP contribution in [0.1, 0.15) is 77.5 Å². The number of hydroxylamine groups is 1. The molecule has 2 bridgehead atoms. The van der Waals surface area contributed by atoms with E-state index in [0.717, 1.165) is 16.7 Å². The Hall–Kier alpha value is -4.36. The van der Waals surface area contributed by atoms with E-state index in [0.29, 0.717) is 44.8 Å². The third kappa shape index (κ3) is 19.1. The standard InChI is InChI=1S/C43H64N6O10S2/c1-7-57-28(5)60-25-38(50)44-24-37(47-39(51)26-61-29(6)58-8-2)43(55)46-23-32-13-11-31(12-14-32)22-45-42(54)36-21-30-15-17-33(18-16-30)59-19-9-10-34(41(53)49-56)35(20-27(3)4)40(52)48-36/h11-18,27-29,34-37,56H,7-10,19-26H2,1-6H3,(H,44,50)(H,45,54)(H,46,55)(H,47,51)(H,48,52)(H,49,53)/t28?,29?,34?,35-,36?,37?/m1/s1. The highest BCUT2D eigenvalue weighted by Gasteiger charge is 2.36. The number of carbonyl (C=O) groups is 6. The van der Waals surface area contributed by atoms with Crippen molar-refractivity contribution >= 4 is 59.0 Å². The Bertz CT molecular complexity index is 1700. The minimum absolute atomic E-state index is 0.0546.